The Hall–Kier alpha value is -2.53. The third-order valence-electron chi connectivity index (χ3n) is 3.50. The van der Waals surface area contributed by atoms with Gasteiger partial charge in [0.05, 0.1) is 13.2 Å². The highest BCUT2D eigenvalue weighted by molar-refractivity contribution is 5.73. The molecule has 0 radical (unpaired) electrons. The van der Waals surface area contributed by atoms with E-state index >= 15 is 0 Å². The molecule has 0 aromatic heterocycles. The van der Waals surface area contributed by atoms with E-state index in [1.165, 1.54) is 0 Å². The first-order valence-electron chi connectivity index (χ1n) is 7.56. The molecule has 2 amide bonds. The van der Waals surface area contributed by atoms with E-state index in [1.807, 2.05) is 54.6 Å². The predicted molar refractivity (Wildman–Crippen MR) is 89.3 cm³/mol. The van der Waals surface area contributed by atoms with Crippen molar-refractivity contribution in [3.8, 4) is 5.75 Å². The number of nitrogens with one attached hydrogen (secondary N) is 2. The van der Waals surface area contributed by atoms with Crippen molar-refractivity contribution < 1.29 is 14.6 Å². The molecule has 0 spiro atoms. The van der Waals surface area contributed by atoms with E-state index in [-0.39, 0.29) is 6.03 Å². The third-order valence-corrected chi connectivity index (χ3v) is 3.50. The summed E-state index contributed by atoms with van der Waals surface area (Å²) in [4.78, 5) is 11.7. The van der Waals surface area contributed by atoms with Crippen LogP contribution >= 0.6 is 0 Å². The van der Waals surface area contributed by atoms with Crippen molar-refractivity contribution in [2.75, 3.05) is 13.7 Å². The van der Waals surface area contributed by atoms with Gasteiger partial charge in [0.1, 0.15) is 5.75 Å². The summed E-state index contributed by atoms with van der Waals surface area (Å²) in [7, 11) is 1.62. The summed E-state index contributed by atoms with van der Waals surface area (Å²) < 4.78 is 5.08. The van der Waals surface area contributed by atoms with E-state index in [1.54, 1.807) is 7.11 Å². The molecule has 2 rings (SSSR count). The molecule has 5 nitrogen and oxygen atoms in total. The largest absolute Gasteiger partial charge is 0.497 e. The highest BCUT2D eigenvalue weighted by Gasteiger charge is 2.07. The van der Waals surface area contributed by atoms with Crippen LogP contribution in [0.2, 0.25) is 0 Å². The minimum Gasteiger partial charge on any atom is -0.497 e. The molecule has 2 aromatic rings. The van der Waals surface area contributed by atoms with E-state index in [0.717, 1.165) is 16.9 Å². The van der Waals surface area contributed by atoms with Gasteiger partial charge in [0.25, 0.3) is 0 Å². The molecule has 0 heterocycles. The van der Waals surface area contributed by atoms with Crippen LogP contribution in [0.4, 0.5) is 4.79 Å². The number of aliphatic hydroxyl groups is 1. The van der Waals surface area contributed by atoms with E-state index in [4.69, 9.17) is 4.74 Å². The first kappa shape index (κ1) is 16.8. The summed E-state index contributed by atoms with van der Waals surface area (Å²) in [6, 6.07) is 16.7. The van der Waals surface area contributed by atoms with Gasteiger partial charge in [-0.2, -0.15) is 0 Å². The number of urea groups is 1. The summed E-state index contributed by atoms with van der Waals surface area (Å²) in [6.45, 7) is 0.849. The Bertz CT molecular complexity index is 599. The number of carbonyl (C=O) groups is 1. The Morgan fingerprint density at radius 1 is 1.09 bits per heavy atom. The Morgan fingerprint density at radius 2 is 1.78 bits per heavy atom. The number of rotatable bonds is 7. The molecule has 1 unspecified atom stereocenters. The Labute approximate surface area is 136 Å². The van der Waals surface area contributed by atoms with Crippen LogP contribution in [-0.4, -0.2) is 24.8 Å². The fourth-order valence-electron chi connectivity index (χ4n) is 2.15. The minimum absolute atomic E-state index is 0.249. The molecule has 2 aromatic carbocycles. The third kappa shape index (κ3) is 5.64. The van der Waals surface area contributed by atoms with Gasteiger partial charge >= 0.3 is 6.03 Å². The van der Waals surface area contributed by atoms with Gasteiger partial charge in [-0.1, -0.05) is 42.5 Å². The zero-order chi connectivity index (χ0) is 16.5. The average molecular weight is 314 g/mol. The number of carbonyl (C=O) groups excluding carboxylic acids is 1. The van der Waals surface area contributed by atoms with Gasteiger partial charge < -0.3 is 20.5 Å². The number of hydrogen-bond acceptors (Lipinski definition) is 3. The Balaban J connectivity index is 1.66. The maximum Gasteiger partial charge on any atom is 0.315 e. The van der Waals surface area contributed by atoms with Crippen molar-refractivity contribution in [2.24, 2.45) is 0 Å². The van der Waals surface area contributed by atoms with Crippen molar-refractivity contribution in [1.82, 2.24) is 10.6 Å². The highest BCUT2D eigenvalue weighted by Crippen LogP contribution is 2.14. The predicted octanol–water partition coefficient (Wildman–Crippen LogP) is 2.62. The van der Waals surface area contributed by atoms with Gasteiger partial charge in [0.15, 0.2) is 0 Å². The normalized spacial score (nSPS) is 11.6. The summed E-state index contributed by atoms with van der Waals surface area (Å²) in [5.41, 5.74) is 1.85. The van der Waals surface area contributed by atoms with Crippen LogP contribution in [0.5, 0.6) is 5.75 Å². The lowest BCUT2D eigenvalue weighted by molar-refractivity contribution is 0.167. The lowest BCUT2D eigenvalue weighted by atomic mass is 10.1. The maximum atomic E-state index is 11.7. The molecule has 0 saturated carbocycles. The van der Waals surface area contributed by atoms with E-state index < -0.39 is 6.10 Å². The topological polar surface area (TPSA) is 70.6 Å². The van der Waals surface area contributed by atoms with Crippen molar-refractivity contribution in [3.05, 3.63) is 65.7 Å². The Kier molecular flexibility index (Phi) is 6.44. The summed E-state index contributed by atoms with van der Waals surface area (Å²) >= 11 is 0. The Morgan fingerprint density at radius 3 is 2.43 bits per heavy atom. The molecule has 0 bridgehead atoms. The van der Waals surface area contributed by atoms with E-state index in [0.29, 0.717) is 19.5 Å². The lowest BCUT2D eigenvalue weighted by Crippen LogP contribution is -2.36. The molecule has 0 saturated heterocycles. The molecule has 1 atom stereocenters. The van der Waals surface area contributed by atoms with Crippen LogP contribution in [0, 0.1) is 0 Å². The standard InChI is InChI=1S/C18H22N2O3/c1-23-16-9-7-14(8-10-16)13-20-18(22)19-12-11-17(21)15-5-3-2-4-6-15/h2-10,17,21H,11-13H2,1H3,(H2,19,20,22). The first-order valence-corrected chi connectivity index (χ1v) is 7.56. The van der Waals surface area contributed by atoms with Crippen LogP contribution in [-0.2, 0) is 6.54 Å². The summed E-state index contributed by atoms with van der Waals surface area (Å²) in [5.74, 6) is 0.785. The second-order valence-corrected chi connectivity index (χ2v) is 5.17. The molecule has 5 heteroatoms. The number of benzene rings is 2. The van der Waals surface area contributed by atoms with Crippen LogP contribution in [0.3, 0.4) is 0 Å². The molecule has 0 aliphatic heterocycles. The van der Waals surface area contributed by atoms with Gasteiger partial charge in [0, 0.05) is 13.1 Å². The molecular weight excluding hydrogens is 292 g/mol. The molecule has 0 fully saturated rings. The molecule has 0 aliphatic carbocycles. The number of methoxy groups -OCH3 is 1. The molecule has 0 aliphatic rings. The van der Waals surface area contributed by atoms with Crippen molar-refractivity contribution in [1.29, 1.82) is 0 Å². The van der Waals surface area contributed by atoms with Crippen molar-refractivity contribution >= 4 is 6.03 Å². The fourth-order valence-corrected chi connectivity index (χ4v) is 2.15. The SMILES string of the molecule is COc1ccc(CNC(=O)NCCC(O)c2ccccc2)cc1. The van der Waals surface area contributed by atoms with Gasteiger partial charge in [-0.25, -0.2) is 4.79 Å². The molecule has 3 N–H and O–H groups in total. The number of aliphatic hydroxyl groups excluding tert-OH is 1. The monoisotopic (exact) mass is 314 g/mol. The average Bonchev–Trinajstić information content (AvgIpc) is 2.61. The van der Waals surface area contributed by atoms with E-state index in [9.17, 15) is 9.90 Å². The highest BCUT2D eigenvalue weighted by atomic mass is 16.5. The number of hydrogen-bond donors (Lipinski definition) is 3. The zero-order valence-electron chi connectivity index (χ0n) is 13.2. The summed E-state index contributed by atoms with van der Waals surface area (Å²) in [6.07, 6.45) is -0.0990. The van der Waals surface area contributed by atoms with Gasteiger partial charge in [-0.3, -0.25) is 0 Å². The van der Waals surface area contributed by atoms with Gasteiger partial charge in [0.2, 0.25) is 0 Å². The zero-order valence-corrected chi connectivity index (χ0v) is 13.2. The lowest BCUT2D eigenvalue weighted by Gasteiger charge is -2.12. The van der Waals surface area contributed by atoms with Crippen LogP contribution in [0.15, 0.2) is 54.6 Å². The smallest absolute Gasteiger partial charge is 0.315 e. The number of ether oxygens (including phenoxy) is 1. The second-order valence-electron chi connectivity index (χ2n) is 5.17. The second kappa shape index (κ2) is 8.80. The molecule has 23 heavy (non-hydrogen) atoms. The van der Waals surface area contributed by atoms with Crippen molar-refractivity contribution in [2.45, 2.75) is 19.1 Å². The first-order chi connectivity index (χ1) is 11.2. The van der Waals surface area contributed by atoms with Crippen molar-refractivity contribution in [3.63, 3.8) is 0 Å². The van der Waals surface area contributed by atoms with Crippen LogP contribution in [0.1, 0.15) is 23.7 Å². The van der Waals surface area contributed by atoms with Crippen LogP contribution in [0.25, 0.3) is 0 Å². The van der Waals surface area contributed by atoms with Gasteiger partial charge in [-0.15, -0.1) is 0 Å². The molecular formula is C18H22N2O3. The minimum atomic E-state index is -0.571. The summed E-state index contributed by atoms with van der Waals surface area (Å²) in [5, 5.41) is 15.5. The fraction of sp³-hybridized carbons (Fsp3) is 0.278. The van der Waals surface area contributed by atoms with E-state index in [2.05, 4.69) is 10.6 Å². The number of amides is 2. The quantitative estimate of drug-likeness (QED) is 0.736. The van der Waals surface area contributed by atoms with Gasteiger partial charge in [-0.05, 0) is 29.7 Å². The maximum absolute atomic E-state index is 11.7. The molecule has 122 valence electrons. The van der Waals surface area contributed by atoms with Crippen LogP contribution < -0.4 is 15.4 Å².